The number of hydrogen-bond acceptors (Lipinski definition) is 2. The fraction of sp³-hybridized carbons (Fsp3) is 0.308. The van der Waals surface area contributed by atoms with E-state index in [0.29, 0.717) is 0 Å². The van der Waals surface area contributed by atoms with Gasteiger partial charge in [0.2, 0.25) is 0 Å². The third kappa shape index (κ3) is 1.81. The van der Waals surface area contributed by atoms with Crippen LogP contribution >= 0.6 is 0 Å². The number of rotatable bonds is 3. The molecule has 84 valence electrons. The Kier molecular flexibility index (Phi) is 2.95. The molecule has 0 radical (unpaired) electrons. The van der Waals surface area contributed by atoms with Crippen molar-refractivity contribution in [1.29, 1.82) is 0 Å². The lowest BCUT2D eigenvalue weighted by atomic mass is 10.1. The molecule has 2 rings (SSSR count). The molecule has 0 saturated carbocycles. The molecule has 0 unspecified atom stereocenters. The Morgan fingerprint density at radius 2 is 2.12 bits per heavy atom. The van der Waals surface area contributed by atoms with Gasteiger partial charge in [-0.2, -0.15) is 5.10 Å². The van der Waals surface area contributed by atoms with E-state index < -0.39 is 0 Å². The van der Waals surface area contributed by atoms with Crippen LogP contribution in [0.1, 0.15) is 12.5 Å². The second-order valence-electron chi connectivity index (χ2n) is 3.72. The molecule has 0 aliphatic rings. The predicted octanol–water partition coefficient (Wildman–Crippen LogP) is 2.66. The van der Waals surface area contributed by atoms with Crippen LogP contribution in [0.3, 0.4) is 0 Å². The van der Waals surface area contributed by atoms with E-state index >= 15 is 0 Å². The fourth-order valence-electron chi connectivity index (χ4n) is 1.87. The molecule has 1 aromatic heterocycles. The van der Waals surface area contributed by atoms with Crippen LogP contribution in [0.15, 0.2) is 30.5 Å². The molecule has 0 aliphatic carbocycles. The lowest BCUT2D eigenvalue weighted by Gasteiger charge is -2.09. The number of ether oxygens (including phenoxy) is 1. The van der Waals surface area contributed by atoms with Gasteiger partial charge in [0.15, 0.2) is 0 Å². The van der Waals surface area contributed by atoms with Crippen molar-refractivity contribution in [1.82, 2.24) is 9.78 Å². The van der Waals surface area contributed by atoms with E-state index in [1.54, 1.807) is 7.11 Å². The first-order valence-electron chi connectivity index (χ1n) is 5.41. The highest BCUT2D eigenvalue weighted by Gasteiger charge is 2.06. The molecule has 0 aliphatic heterocycles. The van der Waals surface area contributed by atoms with E-state index in [1.807, 2.05) is 30.1 Å². The Hall–Kier alpha value is -1.77. The van der Waals surface area contributed by atoms with Crippen molar-refractivity contribution in [2.45, 2.75) is 13.3 Å². The van der Waals surface area contributed by atoms with Crippen LogP contribution in [0, 0.1) is 0 Å². The summed E-state index contributed by atoms with van der Waals surface area (Å²) in [4.78, 5) is 0. The highest BCUT2D eigenvalue weighted by atomic mass is 16.5. The van der Waals surface area contributed by atoms with E-state index in [1.165, 1.54) is 11.1 Å². The number of aryl methyl sites for hydroxylation is 2. The molecule has 0 N–H and O–H groups in total. The van der Waals surface area contributed by atoms with Crippen LogP contribution in [-0.2, 0) is 13.5 Å². The molecule has 3 heteroatoms. The molecule has 0 amide bonds. The van der Waals surface area contributed by atoms with Crippen LogP contribution in [0.4, 0.5) is 0 Å². The zero-order valence-corrected chi connectivity index (χ0v) is 9.90. The first-order chi connectivity index (χ1) is 7.76. The molecular weight excluding hydrogens is 200 g/mol. The molecule has 3 nitrogen and oxygen atoms in total. The first-order valence-corrected chi connectivity index (χ1v) is 5.41. The van der Waals surface area contributed by atoms with Crippen LogP contribution in [0.2, 0.25) is 0 Å². The van der Waals surface area contributed by atoms with Crippen molar-refractivity contribution >= 4 is 0 Å². The smallest absolute Gasteiger partial charge is 0.122 e. The van der Waals surface area contributed by atoms with Crippen LogP contribution in [-0.4, -0.2) is 16.9 Å². The minimum absolute atomic E-state index is 0.952. The highest BCUT2D eigenvalue weighted by molar-refractivity contribution is 5.62. The van der Waals surface area contributed by atoms with Crippen molar-refractivity contribution in [2.75, 3.05) is 7.11 Å². The SMILES string of the molecule is CCc1cc(-c2ccnn2C)ccc1OC. The average molecular weight is 216 g/mol. The summed E-state index contributed by atoms with van der Waals surface area (Å²) in [5, 5.41) is 4.18. The zero-order chi connectivity index (χ0) is 11.5. The van der Waals surface area contributed by atoms with E-state index in [-0.39, 0.29) is 0 Å². The zero-order valence-electron chi connectivity index (χ0n) is 9.90. The van der Waals surface area contributed by atoms with Crippen LogP contribution in [0.5, 0.6) is 5.75 Å². The average Bonchev–Trinajstić information content (AvgIpc) is 2.74. The monoisotopic (exact) mass is 216 g/mol. The summed E-state index contributed by atoms with van der Waals surface area (Å²) in [6.07, 6.45) is 2.78. The van der Waals surface area contributed by atoms with Gasteiger partial charge in [0, 0.05) is 18.8 Å². The molecule has 1 heterocycles. The van der Waals surface area contributed by atoms with Crippen LogP contribution in [0.25, 0.3) is 11.3 Å². The Labute approximate surface area is 95.7 Å². The molecule has 0 saturated heterocycles. The number of nitrogens with zero attached hydrogens (tertiary/aromatic N) is 2. The third-order valence-electron chi connectivity index (χ3n) is 2.78. The molecule has 0 fully saturated rings. The van der Waals surface area contributed by atoms with Gasteiger partial charge in [0.25, 0.3) is 0 Å². The summed E-state index contributed by atoms with van der Waals surface area (Å²) < 4.78 is 7.19. The van der Waals surface area contributed by atoms with Crippen molar-refractivity contribution in [3.63, 3.8) is 0 Å². The Bertz CT molecular complexity index is 488. The van der Waals surface area contributed by atoms with Gasteiger partial charge in [0.1, 0.15) is 5.75 Å². The quantitative estimate of drug-likeness (QED) is 0.788. The molecule has 16 heavy (non-hydrogen) atoms. The maximum atomic E-state index is 5.32. The normalized spacial score (nSPS) is 10.4. The van der Waals surface area contributed by atoms with E-state index in [0.717, 1.165) is 17.9 Å². The molecule has 1 aromatic carbocycles. The number of aromatic nitrogens is 2. The van der Waals surface area contributed by atoms with Gasteiger partial charge in [-0.15, -0.1) is 0 Å². The van der Waals surface area contributed by atoms with Gasteiger partial charge in [-0.05, 0) is 36.2 Å². The molecule has 0 bridgehead atoms. The largest absolute Gasteiger partial charge is 0.496 e. The van der Waals surface area contributed by atoms with Gasteiger partial charge >= 0.3 is 0 Å². The Balaban J connectivity index is 2.48. The van der Waals surface area contributed by atoms with E-state index in [2.05, 4.69) is 24.2 Å². The van der Waals surface area contributed by atoms with Gasteiger partial charge in [-0.1, -0.05) is 6.92 Å². The van der Waals surface area contributed by atoms with E-state index in [4.69, 9.17) is 4.74 Å². The predicted molar refractivity (Wildman–Crippen MR) is 64.6 cm³/mol. The maximum Gasteiger partial charge on any atom is 0.122 e. The number of methoxy groups -OCH3 is 1. The van der Waals surface area contributed by atoms with Crippen molar-refractivity contribution < 1.29 is 4.74 Å². The lowest BCUT2D eigenvalue weighted by molar-refractivity contribution is 0.410. The molecule has 0 atom stereocenters. The summed E-state index contributed by atoms with van der Waals surface area (Å²) in [5.41, 5.74) is 3.52. The minimum atomic E-state index is 0.952. The molecular formula is C13H16N2O. The van der Waals surface area contributed by atoms with Gasteiger partial charge in [-0.3, -0.25) is 4.68 Å². The summed E-state index contributed by atoms with van der Waals surface area (Å²) in [6.45, 7) is 2.13. The Morgan fingerprint density at radius 3 is 2.69 bits per heavy atom. The summed E-state index contributed by atoms with van der Waals surface area (Å²) in [7, 11) is 3.66. The topological polar surface area (TPSA) is 27.1 Å². The molecule has 0 spiro atoms. The maximum absolute atomic E-state index is 5.32. The van der Waals surface area contributed by atoms with Crippen molar-refractivity contribution in [2.24, 2.45) is 7.05 Å². The number of hydrogen-bond donors (Lipinski definition) is 0. The number of benzene rings is 1. The second-order valence-corrected chi connectivity index (χ2v) is 3.72. The summed E-state index contributed by atoms with van der Waals surface area (Å²) in [6, 6.07) is 8.26. The standard InChI is InChI=1S/C13H16N2O/c1-4-10-9-11(5-6-13(10)16-3)12-7-8-14-15(12)2/h5-9H,4H2,1-3H3. The highest BCUT2D eigenvalue weighted by Crippen LogP contribution is 2.26. The summed E-state index contributed by atoms with van der Waals surface area (Å²) in [5.74, 6) is 0.952. The van der Waals surface area contributed by atoms with Gasteiger partial charge < -0.3 is 4.74 Å². The molecule has 2 aromatic rings. The van der Waals surface area contributed by atoms with Gasteiger partial charge in [-0.25, -0.2) is 0 Å². The van der Waals surface area contributed by atoms with Crippen molar-refractivity contribution in [3.8, 4) is 17.0 Å². The van der Waals surface area contributed by atoms with Crippen LogP contribution < -0.4 is 4.74 Å². The Morgan fingerprint density at radius 1 is 1.31 bits per heavy atom. The second kappa shape index (κ2) is 4.39. The summed E-state index contributed by atoms with van der Waals surface area (Å²) >= 11 is 0. The van der Waals surface area contributed by atoms with E-state index in [9.17, 15) is 0 Å². The van der Waals surface area contributed by atoms with Gasteiger partial charge in [0.05, 0.1) is 12.8 Å². The minimum Gasteiger partial charge on any atom is -0.496 e. The third-order valence-corrected chi connectivity index (χ3v) is 2.78. The lowest BCUT2D eigenvalue weighted by Crippen LogP contribution is -1.95. The van der Waals surface area contributed by atoms with Crippen molar-refractivity contribution in [3.05, 3.63) is 36.0 Å². The fourth-order valence-corrected chi connectivity index (χ4v) is 1.87. The first kappa shape index (κ1) is 10.7.